The lowest BCUT2D eigenvalue weighted by Gasteiger charge is -2.14. The summed E-state index contributed by atoms with van der Waals surface area (Å²) in [5, 5.41) is 12.3. The van der Waals surface area contributed by atoms with Gasteiger partial charge in [-0.2, -0.15) is 0 Å². The molecule has 0 unspecified atom stereocenters. The molecular weight excluding hydrogens is 320 g/mol. The van der Waals surface area contributed by atoms with Crippen LogP contribution in [0.15, 0.2) is 23.4 Å². The number of anilines is 1. The number of amides is 1. The second kappa shape index (κ2) is 6.97. The molecule has 0 saturated heterocycles. The standard InChI is InChI=1S/C18H24N4OS/c1-5-22-16(14-8-9-14)20-21-18(22)24-13(4)17(23)19-15-10-11(2)6-7-12(15)3/h6-7,10,13-14H,5,8-9H2,1-4H3,(H,19,23)/t13-/m1/s1. The van der Waals surface area contributed by atoms with Gasteiger partial charge in [0.05, 0.1) is 5.25 Å². The fourth-order valence-corrected chi connectivity index (χ4v) is 3.56. The van der Waals surface area contributed by atoms with Gasteiger partial charge < -0.3 is 9.88 Å². The maximum atomic E-state index is 12.5. The fraction of sp³-hybridized carbons (Fsp3) is 0.500. The molecule has 1 atom stereocenters. The fourth-order valence-electron chi connectivity index (χ4n) is 2.64. The zero-order valence-electron chi connectivity index (χ0n) is 14.7. The summed E-state index contributed by atoms with van der Waals surface area (Å²) in [4.78, 5) is 12.5. The maximum Gasteiger partial charge on any atom is 0.237 e. The van der Waals surface area contributed by atoms with E-state index in [1.54, 1.807) is 0 Å². The molecule has 24 heavy (non-hydrogen) atoms. The van der Waals surface area contributed by atoms with E-state index in [0.29, 0.717) is 5.92 Å². The summed E-state index contributed by atoms with van der Waals surface area (Å²) < 4.78 is 2.14. The van der Waals surface area contributed by atoms with Crippen LogP contribution < -0.4 is 5.32 Å². The number of rotatable bonds is 6. The van der Waals surface area contributed by atoms with Gasteiger partial charge in [-0.3, -0.25) is 4.79 Å². The Bertz CT molecular complexity index is 751. The predicted octanol–water partition coefficient (Wildman–Crippen LogP) is 3.91. The molecule has 6 heteroatoms. The molecule has 3 rings (SSSR count). The third kappa shape index (κ3) is 3.64. The van der Waals surface area contributed by atoms with Crippen molar-refractivity contribution in [3.63, 3.8) is 0 Å². The maximum absolute atomic E-state index is 12.5. The van der Waals surface area contributed by atoms with E-state index in [2.05, 4.69) is 27.0 Å². The van der Waals surface area contributed by atoms with Crippen molar-refractivity contribution < 1.29 is 4.79 Å². The number of aryl methyl sites for hydroxylation is 2. The Balaban J connectivity index is 1.69. The summed E-state index contributed by atoms with van der Waals surface area (Å²) in [7, 11) is 0. The van der Waals surface area contributed by atoms with Gasteiger partial charge >= 0.3 is 0 Å². The Morgan fingerprint density at radius 2 is 2.12 bits per heavy atom. The van der Waals surface area contributed by atoms with Gasteiger partial charge in [0.25, 0.3) is 0 Å². The van der Waals surface area contributed by atoms with Crippen LogP contribution in [0.1, 0.15) is 49.6 Å². The smallest absolute Gasteiger partial charge is 0.237 e. The van der Waals surface area contributed by atoms with Gasteiger partial charge in [0.1, 0.15) is 5.82 Å². The number of thioether (sulfide) groups is 1. The summed E-state index contributed by atoms with van der Waals surface area (Å²) >= 11 is 1.48. The lowest BCUT2D eigenvalue weighted by Crippen LogP contribution is -2.23. The number of nitrogens with one attached hydrogen (secondary N) is 1. The highest BCUT2D eigenvalue weighted by Crippen LogP contribution is 2.40. The van der Waals surface area contributed by atoms with Gasteiger partial charge in [0, 0.05) is 18.2 Å². The van der Waals surface area contributed by atoms with E-state index in [1.807, 2.05) is 39.0 Å². The van der Waals surface area contributed by atoms with Gasteiger partial charge in [0.2, 0.25) is 5.91 Å². The van der Waals surface area contributed by atoms with Crippen LogP contribution >= 0.6 is 11.8 Å². The molecular formula is C18H24N4OS. The number of benzene rings is 1. The molecule has 0 bridgehead atoms. The summed E-state index contributed by atoms with van der Waals surface area (Å²) in [5.74, 6) is 1.63. The predicted molar refractivity (Wildman–Crippen MR) is 97.5 cm³/mol. The minimum Gasteiger partial charge on any atom is -0.325 e. The Morgan fingerprint density at radius 3 is 2.79 bits per heavy atom. The van der Waals surface area contributed by atoms with Crippen LogP contribution in [0.3, 0.4) is 0 Å². The van der Waals surface area contributed by atoms with E-state index >= 15 is 0 Å². The van der Waals surface area contributed by atoms with E-state index < -0.39 is 0 Å². The first-order valence-corrected chi connectivity index (χ1v) is 9.35. The van der Waals surface area contributed by atoms with Crippen molar-refractivity contribution in [3.8, 4) is 0 Å². The highest BCUT2D eigenvalue weighted by molar-refractivity contribution is 8.00. The quantitative estimate of drug-likeness (QED) is 0.807. The number of hydrogen-bond acceptors (Lipinski definition) is 4. The van der Waals surface area contributed by atoms with Crippen LogP contribution in [0, 0.1) is 13.8 Å². The van der Waals surface area contributed by atoms with Gasteiger partial charge in [-0.15, -0.1) is 10.2 Å². The minimum absolute atomic E-state index is 0.00711. The molecule has 1 aromatic heterocycles. The molecule has 0 aliphatic heterocycles. The molecule has 2 aromatic rings. The number of carbonyl (C=O) groups is 1. The van der Waals surface area contributed by atoms with E-state index in [4.69, 9.17) is 0 Å². The SMILES string of the molecule is CCn1c(S[C@H](C)C(=O)Nc2cc(C)ccc2C)nnc1C1CC1. The van der Waals surface area contributed by atoms with Crippen molar-refractivity contribution >= 4 is 23.4 Å². The van der Waals surface area contributed by atoms with E-state index in [-0.39, 0.29) is 11.2 Å². The molecule has 1 amide bonds. The topological polar surface area (TPSA) is 59.8 Å². The van der Waals surface area contributed by atoms with E-state index in [0.717, 1.165) is 34.3 Å². The second-order valence-corrected chi connectivity index (χ2v) is 7.73. The van der Waals surface area contributed by atoms with Gasteiger partial charge in [-0.25, -0.2) is 0 Å². The van der Waals surface area contributed by atoms with Gasteiger partial charge in [-0.05, 0) is 57.7 Å². The zero-order chi connectivity index (χ0) is 17.3. The van der Waals surface area contributed by atoms with E-state index in [9.17, 15) is 4.79 Å². The third-order valence-electron chi connectivity index (χ3n) is 4.31. The lowest BCUT2D eigenvalue weighted by molar-refractivity contribution is -0.115. The van der Waals surface area contributed by atoms with Crippen LogP contribution in [-0.2, 0) is 11.3 Å². The molecule has 1 saturated carbocycles. The Kier molecular flexibility index (Phi) is 4.94. The van der Waals surface area contributed by atoms with Crippen LogP contribution in [0.5, 0.6) is 0 Å². The van der Waals surface area contributed by atoms with Crippen molar-refractivity contribution in [1.82, 2.24) is 14.8 Å². The average molecular weight is 344 g/mol. The highest BCUT2D eigenvalue weighted by Gasteiger charge is 2.30. The molecule has 0 spiro atoms. The monoisotopic (exact) mass is 344 g/mol. The van der Waals surface area contributed by atoms with Crippen molar-refractivity contribution in [1.29, 1.82) is 0 Å². The molecule has 1 heterocycles. The zero-order valence-corrected chi connectivity index (χ0v) is 15.5. The average Bonchev–Trinajstić information content (AvgIpc) is 3.32. The lowest BCUT2D eigenvalue weighted by atomic mass is 10.1. The summed E-state index contributed by atoms with van der Waals surface area (Å²) in [5.41, 5.74) is 3.08. The first-order chi connectivity index (χ1) is 11.5. The van der Waals surface area contributed by atoms with Crippen LogP contribution in [0.2, 0.25) is 0 Å². The van der Waals surface area contributed by atoms with Crippen LogP contribution in [0.4, 0.5) is 5.69 Å². The summed E-state index contributed by atoms with van der Waals surface area (Å²) in [6.45, 7) is 8.88. The molecule has 1 fully saturated rings. The first kappa shape index (κ1) is 17.0. The van der Waals surface area contributed by atoms with Gasteiger partial charge in [-0.1, -0.05) is 23.9 Å². The molecule has 128 valence electrons. The molecule has 1 aliphatic rings. The summed E-state index contributed by atoms with van der Waals surface area (Å²) in [6.07, 6.45) is 2.40. The van der Waals surface area contributed by atoms with Crippen LogP contribution in [-0.4, -0.2) is 25.9 Å². The van der Waals surface area contributed by atoms with Crippen molar-refractivity contribution in [2.75, 3.05) is 5.32 Å². The number of aromatic nitrogens is 3. The largest absolute Gasteiger partial charge is 0.325 e. The molecule has 1 aromatic carbocycles. The molecule has 5 nitrogen and oxygen atoms in total. The van der Waals surface area contributed by atoms with Crippen molar-refractivity contribution in [2.24, 2.45) is 0 Å². The minimum atomic E-state index is -0.230. The Labute approximate surface area is 147 Å². The number of carbonyl (C=O) groups excluding carboxylic acids is 1. The molecule has 1 aliphatic carbocycles. The molecule has 1 N–H and O–H groups in total. The number of nitrogens with zero attached hydrogens (tertiary/aromatic N) is 3. The Hall–Kier alpha value is -1.82. The van der Waals surface area contributed by atoms with E-state index in [1.165, 1.54) is 24.6 Å². The van der Waals surface area contributed by atoms with Crippen molar-refractivity contribution in [2.45, 2.75) is 63.4 Å². The number of hydrogen-bond donors (Lipinski definition) is 1. The first-order valence-electron chi connectivity index (χ1n) is 8.47. The highest BCUT2D eigenvalue weighted by atomic mass is 32.2. The molecule has 0 radical (unpaired) electrons. The second-order valence-electron chi connectivity index (χ2n) is 6.43. The Morgan fingerprint density at radius 1 is 1.38 bits per heavy atom. The third-order valence-corrected chi connectivity index (χ3v) is 5.39. The van der Waals surface area contributed by atoms with Crippen molar-refractivity contribution in [3.05, 3.63) is 35.2 Å². The van der Waals surface area contributed by atoms with Gasteiger partial charge in [0.15, 0.2) is 5.16 Å². The van der Waals surface area contributed by atoms with Crippen LogP contribution in [0.25, 0.3) is 0 Å². The normalized spacial score (nSPS) is 15.3. The summed E-state index contributed by atoms with van der Waals surface area (Å²) in [6, 6.07) is 6.08.